The standard InChI is InChI=1S/C47H49ClN4O3/c1-10-33-25(4)37-23-38-27(6)35(12-3)45(51-38)42(30-17-19-32(54-8)20-18-30)46-36(21-22-48)28(7)40(52-46)24-39-26(5)34(11-2)44(50-39)41(43(33)49-37)29-13-15-31(16-14-29)47(53)55-9/h13-20,23-24,49,52H,10-12,21-22H2,1-9H3. The fourth-order valence-electron chi connectivity index (χ4n) is 8.36. The van der Waals surface area contributed by atoms with Crippen molar-refractivity contribution in [2.45, 2.75) is 74.1 Å². The fourth-order valence-corrected chi connectivity index (χ4v) is 8.55. The zero-order chi connectivity index (χ0) is 39.1. The van der Waals surface area contributed by atoms with Gasteiger partial charge in [-0.05, 0) is 145 Å². The minimum atomic E-state index is -0.366. The number of aryl methyl sites for hydroxylation is 4. The second kappa shape index (κ2) is 15.4. The molecule has 2 aliphatic rings. The summed E-state index contributed by atoms with van der Waals surface area (Å²) in [5, 5.41) is 0. The Labute approximate surface area is 328 Å². The molecule has 2 aliphatic heterocycles. The van der Waals surface area contributed by atoms with Crippen LogP contribution in [0.5, 0.6) is 5.75 Å². The Bertz CT molecular complexity index is 2570. The molecule has 0 amide bonds. The second-order valence-corrected chi connectivity index (χ2v) is 14.6. The van der Waals surface area contributed by atoms with Gasteiger partial charge in [-0.2, -0.15) is 0 Å². The molecule has 7 nitrogen and oxygen atoms in total. The number of carbonyl (C=O) groups is 1. The van der Waals surface area contributed by atoms with Crippen LogP contribution >= 0.6 is 11.6 Å². The van der Waals surface area contributed by atoms with Crippen molar-refractivity contribution in [1.29, 1.82) is 0 Å². The Kier molecular flexibility index (Phi) is 10.6. The lowest BCUT2D eigenvalue weighted by Crippen LogP contribution is -2.00. The molecule has 8 bridgehead atoms. The predicted molar refractivity (Wildman–Crippen MR) is 229 cm³/mol. The minimum absolute atomic E-state index is 0.366. The van der Waals surface area contributed by atoms with Gasteiger partial charge in [0.05, 0.1) is 53.6 Å². The van der Waals surface area contributed by atoms with Crippen LogP contribution < -0.4 is 4.74 Å². The van der Waals surface area contributed by atoms with E-state index in [1.165, 1.54) is 34.9 Å². The lowest BCUT2D eigenvalue weighted by atomic mass is 9.94. The first-order valence-electron chi connectivity index (χ1n) is 19.2. The number of allylic oxidation sites excluding steroid dienone is 4. The highest BCUT2D eigenvalue weighted by Gasteiger charge is 2.26. The van der Waals surface area contributed by atoms with Gasteiger partial charge in [0.15, 0.2) is 0 Å². The van der Waals surface area contributed by atoms with E-state index in [1.807, 2.05) is 36.4 Å². The zero-order valence-electron chi connectivity index (χ0n) is 33.3. The summed E-state index contributed by atoms with van der Waals surface area (Å²) in [5.74, 6) is 0.912. The monoisotopic (exact) mass is 752 g/mol. The van der Waals surface area contributed by atoms with Gasteiger partial charge in [0.2, 0.25) is 0 Å². The van der Waals surface area contributed by atoms with Gasteiger partial charge in [0.1, 0.15) is 5.75 Å². The summed E-state index contributed by atoms with van der Waals surface area (Å²) in [6.07, 6.45) is 3.12. The lowest BCUT2D eigenvalue weighted by molar-refractivity contribution is 0.0600. The van der Waals surface area contributed by atoms with Crippen LogP contribution in [0.15, 0.2) is 60.7 Å². The molecule has 0 spiro atoms. The summed E-state index contributed by atoms with van der Waals surface area (Å²) in [5.41, 5.74) is 21.7. The van der Waals surface area contributed by atoms with Crippen LogP contribution in [0.4, 0.5) is 0 Å². The minimum Gasteiger partial charge on any atom is -0.497 e. The molecule has 5 aromatic rings. The number of hydrogen-bond acceptors (Lipinski definition) is 5. The third-order valence-corrected chi connectivity index (χ3v) is 11.6. The maximum absolute atomic E-state index is 12.5. The van der Waals surface area contributed by atoms with E-state index in [-0.39, 0.29) is 5.97 Å². The Morgan fingerprint density at radius 2 is 1.15 bits per heavy atom. The van der Waals surface area contributed by atoms with Crippen LogP contribution in [0.25, 0.3) is 66.6 Å². The number of hydrogen-bond donors (Lipinski definition) is 2. The number of rotatable bonds is 9. The number of benzene rings is 2. The third-order valence-electron chi connectivity index (χ3n) is 11.5. The molecular formula is C47H49ClN4O3. The summed E-state index contributed by atoms with van der Waals surface area (Å²) in [4.78, 5) is 31.2. The maximum atomic E-state index is 12.5. The van der Waals surface area contributed by atoms with Gasteiger partial charge in [-0.1, -0.05) is 45.0 Å². The van der Waals surface area contributed by atoms with Gasteiger partial charge in [0.25, 0.3) is 0 Å². The van der Waals surface area contributed by atoms with Crippen LogP contribution in [0.3, 0.4) is 0 Å². The van der Waals surface area contributed by atoms with Crippen molar-refractivity contribution in [3.63, 3.8) is 0 Å². The molecule has 55 heavy (non-hydrogen) atoms. The van der Waals surface area contributed by atoms with E-state index >= 15 is 0 Å². The number of esters is 1. The van der Waals surface area contributed by atoms with Crippen molar-refractivity contribution < 1.29 is 14.3 Å². The highest BCUT2D eigenvalue weighted by molar-refractivity contribution is 6.18. The highest BCUT2D eigenvalue weighted by Crippen LogP contribution is 2.44. The molecule has 2 aromatic carbocycles. The summed E-state index contributed by atoms with van der Waals surface area (Å²) in [6, 6.07) is 20.3. The van der Waals surface area contributed by atoms with E-state index < -0.39 is 0 Å². The van der Waals surface area contributed by atoms with Gasteiger partial charge in [-0.15, -0.1) is 11.6 Å². The molecule has 0 saturated carbocycles. The van der Waals surface area contributed by atoms with Gasteiger partial charge >= 0.3 is 5.97 Å². The molecule has 5 heterocycles. The average Bonchev–Trinajstić information content (AvgIpc) is 3.89. The van der Waals surface area contributed by atoms with Crippen LogP contribution in [0, 0.1) is 13.8 Å². The number of methoxy groups -OCH3 is 2. The number of ether oxygens (including phenoxy) is 2. The molecule has 0 saturated heterocycles. The number of nitrogens with one attached hydrogen (secondary N) is 2. The van der Waals surface area contributed by atoms with E-state index in [0.717, 1.165) is 109 Å². The van der Waals surface area contributed by atoms with E-state index in [4.69, 9.17) is 31.0 Å². The van der Waals surface area contributed by atoms with Crippen LogP contribution in [0.1, 0.15) is 103 Å². The molecule has 0 aliphatic carbocycles. The van der Waals surface area contributed by atoms with Crippen molar-refractivity contribution in [3.8, 4) is 28.0 Å². The van der Waals surface area contributed by atoms with Crippen LogP contribution in [0.2, 0.25) is 0 Å². The molecular weight excluding hydrogens is 704 g/mol. The first-order chi connectivity index (χ1) is 26.6. The predicted octanol–water partition coefficient (Wildman–Crippen LogP) is 12.1. The molecule has 3 aromatic heterocycles. The number of aromatic amines is 2. The van der Waals surface area contributed by atoms with Crippen LogP contribution in [-0.4, -0.2) is 46.0 Å². The summed E-state index contributed by atoms with van der Waals surface area (Å²) in [7, 11) is 3.10. The molecule has 7 rings (SSSR count). The normalized spacial score (nSPS) is 12.8. The quantitative estimate of drug-likeness (QED) is 0.115. The highest BCUT2D eigenvalue weighted by atomic mass is 35.5. The Balaban J connectivity index is 1.72. The molecule has 0 atom stereocenters. The Morgan fingerprint density at radius 3 is 1.58 bits per heavy atom. The summed E-state index contributed by atoms with van der Waals surface area (Å²) < 4.78 is 10.6. The maximum Gasteiger partial charge on any atom is 0.337 e. The third kappa shape index (κ3) is 6.48. The molecule has 0 radical (unpaired) electrons. The average molecular weight is 753 g/mol. The molecule has 0 unspecified atom stereocenters. The second-order valence-electron chi connectivity index (χ2n) is 14.3. The topological polar surface area (TPSA) is 92.9 Å². The number of fused-ring (bicyclic) bond motifs is 8. The molecule has 282 valence electrons. The number of aromatic nitrogens is 4. The smallest absolute Gasteiger partial charge is 0.337 e. The van der Waals surface area contributed by atoms with Crippen molar-refractivity contribution in [2.24, 2.45) is 0 Å². The fraction of sp³-hybridized carbons (Fsp3) is 0.298. The molecule has 8 heteroatoms. The number of H-pyrrole nitrogens is 2. The van der Waals surface area contributed by atoms with Crippen molar-refractivity contribution in [1.82, 2.24) is 19.9 Å². The Morgan fingerprint density at radius 1 is 0.673 bits per heavy atom. The Hall–Kier alpha value is -5.40. The van der Waals surface area contributed by atoms with Crippen LogP contribution in [-0.2, 0) is 17.6 Å². The van der Waals surface area contributed by atoms with E-state index in [9.17, 15) is 4.79 Å². The molecule has 0 fully saturated rings. The van der Waals surface area contributed by atoms with Crippen molar-refractivity contribution >= 4 is 61.9 Å². The van der Waals surface area contributed by atoms with Gasteiger partial charge < -0.3 is 19.4 Å². The lowest BCUT2D eigenvalue weighted by Gasteiger charge is -2.11. The van der Waals surface area contributed by atoms with Crippen molar-refractivity contribution in [3.05, 3.63) is 111 Å². The number of nitrogens with zero attached hydrogens (tertiary/aromatic N) is 2. The largest absolute Gasteiger partial charge is 0.497 e. The number of carbonyl (C=O) groups excluding carboxylic acids is 1. The first-order valence-corrected chi connectivity index (χ1v) is 19.7. The summed E-state index contributed by atoms with van der Waals surface area (Å²) in [6.45, 7) is 15.3. The molecule has 2 N–H and O–H groups in total. The number of halogens is 1. The van der Waals surface area contributed by atoms with E-state index in [0.29, 0.717) is 17.9 Å². The van der Waals surface area contributed by atoms with Gasteiger partial charge in [-0.3, -0.25) is 0 Å². The zero-order valence-corrected chi connectivity index (χ0v) is 34.1. The van der Waals surface area contributed by atoms with Gasteiger partial charge in [-0.25, -0.2) is 14.8 Å². The number of alkyl halides is 1. The van der Waals surface area contributed by atoms with E-state index in [1.54, 1.807) is 7.11 Å². The van der Waals surface area contributed by atoms with Gasteiger partial charge in [0, 0.05) is 28.0 Å². The van der Waals surface area contributed by atoms with E-state index in [2.05, 4.69) is 82.7 Å². The first kappa shape index (κ1) is 37.9. The van der Waals surface area contributed by atoms with Crippen molar-refractivity contribution in [2.75, 3.05) is 20.1 Å². The summed E-state index contributed by atoms with van der Waals surface area (Å²) >= 11 is 6.56. The SMILES string of the molecule is CCC1=C(C)c2cc3[nH]c(c(CCCl)c3C)c(-c3ccc(OC)cc3)c3nc(cc4[nH]c(c(CC)c4C)c(-c4ccc(C(=O)OC)cc4)c1n2)C(C)=C3CC.